The molecule has 0 aliphatic carbocycles. The van der Waals surface area contributed by atoms with Gasteiger partial charge in [-0.15, -0.1) is 0 Å². The number of fused-ring (bicyclic) bond motifs is 6. The van der Waals surface area contributed by atoms with Crippen molar-refractivity contribution in [3.05, 3.63) is 205 Å². The second-order valence-electron chi connectivity index (χ2n) is 14.2. The summed E-state index contributed by atoms with van der Waals surface area (Å²) in [6, 6.07) is 66.4. The standard InChI is InChI=1S/C51H33N3O/c1-2-14-34(15-3-1)49-52-50(37-25-24-32-12-4-5-16-35(32)30-37)54-51(53-49)44-29-28-42(40-19-8-9-20-41(40)44)43-22-11-23-46-48(43)45-27-26-36(31-47(45)55-46)39-21-10-17-33-13-6-7-18-38(33)39/h1-31,49H,(H,52,53,54). The van der Waals surface area contributed by atoms with E-state index in [-0.39, 0.29) is 6.17 Å². The summed E-state index contributed by atoms with van der Waals surface area (Å²) in [6.07, 6.45) is -0.293. The molecule has 1 aromatic heterocycles. The van der Waals surface area contributed by atoms with E-state index < -0.39 is 0 Å². The molecule has 2 heterocycles. The fourth-order valence-corrected chi connectivity index (χ4v) is 8.29. The molecule has 1 aliphatic rings. The van der Waals surface area contributed by atoms with Crippen molar-refractivity contribution in [3.63, 3.8) is 0 Å². The minimum absolute atomic E-state index is 0.293. The highest BCUT2D eigenvalue weighted by molar-refractivity contribution is 6.21. The molecule has 10 aromatic rings. The summed E-state index contributed by atoms with van der Waals surface area (Å²) in [4.78, 5) is 10.4. The van der Waals surface area contributed by atoms with Crippen molar-refractivity contribution < 1.29 is 4.42 Å². The van der Waals surface area contributed by atoms with E-state index >= 15 is 0 Å². The summed E-state index contributed by atoms with van der Waals surface area (Å²) in [5, 5.41) is 13.0. The van der Waals surface area contributed by atoms with E-state index in [1.807, 2.05) is 6.07 Å². The predicted molar refractivity (Wildman–Crippen MR) is 229 cm³/mol. The monoisotopic (exact) mass is 703 g/mol. The SMILES string of the molecule is c1ccc(C2N=C(c3ccc4ccccc4c3)N=C(c3ccc(-c4cccc5oc6cc(-c7cccc8ccccc78)ccc6c45)c4ccccc34)N2)cc1. The first-order valence-electron chi connectivity index (χ1n) is 18.7. The largest absolute Gasteiger partial charge is 0.456 e. The van der Waals surface area contributed by atoms with Crippen molar-refractivity contribution in [2.75, 3.05) is 0 Å². The summed E-state index contributed by atoms with van der Waals surface area (Å²) in [6.45, 7) is 0. The molecule has 9 aromatic carbocycles. The van der Waals surface area contributed by atoms with Gasteiger partial charge in [-0.05, 0) is 84.4 Å². The molecule has 0 saturated heterocycles. The van der Waals surface area contributed by atoms with E-state index in [0.29, 0.717) is 5.84 Å². The Morgan fingerprint density at radius 1 is 0.418 bits per heavy atom. The van der Waals surface area contributed by atoms with Crippen LogP contribution in [0, 0.1) is 0 Å². The molecular weight excluding hydrogens is 671 g/mol. The fraction of sp³-hybridized carbons (Fsp3) is 0.0196. The average Bonchev–Trinajstić information content (AvgIpc) is 3.64. The third-order valence-corrected chi connectivity index (χ3v) is 10.9. The molecule has 1 N–H and O–H groups in total. The van der Waals surface area contributed by atoms with Crippen LogP contribution in [0.4, 0.5) is 0 Å². The topological polar surface area (TPSA) is 49.9 Å². The Morgan fingerprint density at radius 3 is 1.96 bits per heavy atom. The molecule has 1 aliphatic heterocycles. The van der Waals surface area contributed by atoms with Gasteiger partial charge in [0.25, 0.3) is 0 Å². The lowest BCUT2D eigenvalue weighted by Gasteiger charge is -2.25. The van der Waals surface area contributed by atoms with Crippen LogP contribution in [0.25, 0.3) is 76.5 Å². The number of aliphatic imine (C=N–C) groups is 2. The number of benzene rings is 9. The van der Waals surface area contributed by atoms with Gasteiger partial charge in [0, 0.05) is 21.9 Å². The summed E-state index contributed by atoms with van der Waals surface area (Å²) < 4.78 is 6.61. The second-order valence-corrected chi connectivity index (χ2v) is 14.2. The molecule has 1 atom stereocenters. The highest BCUT2D eigenvalue weighted by atomic mass is 16.3. The van der Waals surface area contributed by atoms with Crippen molar-refractivity contribution in [2.45, 2.75) is 6.17 Å². The number of furan rings is 1. The molecule has 0 saturated carbocycles. The Bertz CT molecular complexity index is 3190. The van der Waals surface area contributed by atoms with Crippen LogP contribution < -0.4 is 5.32 Å². The zero-order valence-electron chi connectivity index (χ0n) is 29.8. The Hall–Kier alpha value is -7.30. The number of rotatable bonds is 5. The number of nitrogens with one attached hydrogen (secondary N) is 1. The molecule has 0 amide bonds. The van der Waals surface area contributed by atoms with Crippen molar-refractivity contribution in [1.29, 1.82) is 0 Å². The molecule has 1 unspecified atom stereocenters. The third-order valence-electron chi connectivity index (χ3n) is 10.9. The van der Waals surface area contributed by atoms with E-state index in [1.165, 1.54) is 21.7 Å². The van der Waals surface area contributed by atoms with Crippen molar-refractivity contribution in [2.24, 2.45) is 9.98 Å². The van der Waals surface area contributed by atoms with Gasteiger partial charge in [0.1, 0.15) is 23.2 Å². The van der Waals surface area contributed by atoms with Gasteiger partial charge in [0.2, 0.25) is 0 Å². The van der Waals surface area contributed by atoms with Crippen molar-refractivity contribution in [1.82, 2.24) is 5.32 Å². The van der Waals surface area contributed by atoms with Crippen LogP contribution >= 0.6 is 0 Å². The van der Waals surface area contributed by atoms with Crippen molar-refractivity contribution >= 4 is 65.9 Å². The molecule has 0 fully saturated rings. The van der Waals surface area contributed by atoms with Crippen LogP contribution in [0.3, 0.4) is 0 Å². The van der Waals surface area contributed by atoms with E-state index in [4.69, 9.17) is 14.4 Å². The highest BCUT2D eigenvalue weighted by Gasteiger charge is 2.24. The molecule has 0 bridgehead atoms. The Balaban J connectivity index is 1.05. The van der Waals surface area contributed by atoms with Gasteiger partial charge in [-0.1, -0.05) is 164 Å². The third kappa shape index (κ3) is 5.30. The average molecular weight is 704 g/mol. The normalized spacial score (nSPS) is 14.4. The zero-order valence-corrected chi connectivity index (χ0v) is 29.8. The maximum absolute atomic E-state index is 6.61. The molecule has 0 radical (unpaired) electrons. The van der Waals surface area contributed by atoms with Gasteiger partial charge >= 0.3 is 0 Å². The van der Waals surface area contributed by atoms with Crippen molar-refractivity contribution in [3.8, 4) is 22.3 Å². The van der Waals surface area contributed by atoms with Gasteiger partial charge in [-0.3, -0.25) is 0 Å². The molecule has 55 heavy (non-hydrogen) atoms. The molecule has 0 spiro atoms. The lowest BCUT2D eigenvalue weighted by Crippen LogP contribution is -2.33. The van der Waals surface area contributed by atoms with Crippen LogP contribution in [-0.2, 0) is 0 Å². The second kappa shape index (κ2) is 12.7. The van der Waals surface area contributed by atoms with Crippen LogP contribution in [-0.4, -0.2) is 11.7 Å². The smallest absolute Gasteiger partial charge is 0.159 e. The maximum Gasteiger partial charge on any atom is 0.159 e. The first kappa shape index (κ1) is 31.2. The van der Waals surface area contributed by atoms with E-state index in [2.05, 4.69) is 187 Å². The Morgan fingerprint density at radius 2 is 1.09 bits per heavy atom. The molecule has 4 nitrogen and oxygen atoms in total. The van der Waals surface area contributed by atoms with Crippen LogP contribution in [0.1, 0.15) is 22.9 Å². The maximum atomic E-state index is 6.61. The van der Waals surface area contributed by atoms with E-state index in [0.717, 1.165) is 77.3 Å². The molecular formula is C51H33N3O. The molecule has 11 rings (SSSR count). The first-order chi connectivity index (χ1) is 27.2. The number of amidine groups is 2. The van der Waals surface area contributed by atoms with Gasteiger partial charge in [0.15, 0.2) is 5.84 Å². The van der Waals surface area contributed by atoms with Gasteiger partial charge < -0.3 is 9.73 Å². The lowest BCUT2D eigenvalue weighted by atomic mass is 9.91. The minimum Gasteiger partial charge on any atom is -0.456 e. The molecule has 258 valence electrons. The predicted octanol–water partition coefficient (Wildman–Crippen LogP) is 12.9. The number of hydrogen-bond acceptors (Lipinski definition) is 4. The van der Waals surface area contributed by atoms with E-state index in [9.17, 15) is 0 Å². The van der Waals surface area contributed by atoms with Gasteiger partial charge in [-0.2, -0.15) is 0 Å². The van der Waals surface area contributed by atoms with Crippen LogP contribution in [0.15, 0.2) is 202 Å². The zero-order chi connectivity index (χ0) is 36.3. The molecule has 4 heteroatoms. The number of hydrogen-bond donors (Lipinski definition) is 1. The summed E-state index contributed by atoms with van der Waals surface area (Å²) in [5.41, 5.74) is 9.46. The van der Waals surface area contributed by atoms with Crippen LogP contribution in [0.5, 0.6) is 0 Å². The number of nitrogens with zero attached hydrogens (tertiary/aromatic N) is 2. The lowest BCUT2D eigenvalue weighted by molar-refractivity contribution is 0.669. The first-order valence-corrected chi connectivity index (χ1v) is 18.7. The quantitative estimate of drug-likeness (QED) is 0.194. The minimum atomic E-state index is -0.293. The van der Waals surface area contributed by atoms with E-state index in [1.54, 1.807) is 0 Å². The fourth-order valence-electron chi connectivity index (χ4n) is 8.29. The Kier molecular flexibility index (Phi) is 7.20. The Labute approximate surface area is 317 Å². The highest BCUT2D eigenvalue weighted by Crippen LogP contribution is 2.42. The van der Waals surface area contributed by atoms with Crippen LogP contribution in [0.2, 0.25) is 0 Å². The van der Waals surface area contributed by atoms with Gasteiger partial charge in [0.05, 0.1) is 0 Å². The van der Waals surface area contributed by atoms with Gasteiger partial charge in [-0.25, -0.2) is 9.98 Å². The summed E-state index contributed by atoms with van der Waals surface area (Å²) >= 11 is 0. The summed E-state index contributed by atoms with van der Waals surface area (Å²) in [5.74, 6) is 1.50. The summed E-state index contributed by atoms with van der Waals surface area (Å²) in [7, 11) is 0.